The van der Waals surface area contributed by atoms with Gasteiger partial charge in [-0.3, -0.25) is 4.90 Å². The number of benzene rings is 2. The van der Waals surface area contributed by atoms with E-state index < -0.39 is 0 Å². The van der Waals surface area contributed by atoms with E-state index in [1.807, 2.05) is 30.3 Å². The van der Waals surface area contributed by atoms with Gasteiger partial charge >= 0.3 is 0 Å². The van der Waals surface area contributed by atoms with E-state index in [2.05, 4.69) is 4.90 Å². The first-order valence-corrected chi connectivity index (χ1v) is 6.87. The lowest BCUT2D eigenvalue weighted by atomic mass is 10.0. The molecule has 1 fully saturated rings. The number of methoxy groups -OCH3 is 1. The maximum absolute atomic E-state index is 10.5. The summed E-state index contributed by atoms with van der Waals surface area (Å²) in [6.07, 6.45) is 0. The standard InChI is InChI=1S/C16H19NO3/c1-19-15-4-2-3-14-13(15)6-5-12(16(14)18)11-17-7-9-20-10-8-17/h2-6,18H,7-11H2,1H3. The van der Waals surface area contributed by atoms with Crippen LogP contribution < -0.4 is 4.74 Å². The van der Waals surface area contributed by atoms with Crippen LogP contribution in [0.2, 0.25) is 0 Å². The zero-order valence-corrected chi connectivity index (χ0v) is 11.6. The summed E-state index contributed by atoms with van der Waals surface area (Å²) in [6.45, 7) is 4.11. The minimum atomic E-state index is 0.355. The number of fused-ring (bicyclic) bond motifs is 1. The van der Waals surface area contributed by atoms with Crippen LogP contribution in [0, 0.1) is 0 Å². The second-order valence-electron chi connectivity index (χ2n) is 5.02. The molecule has 0 spiro atoms. The Hall–Kier alpha value is -1.78. The Balaban J connectivity index is 1.94. The van der Waals surface area contributed by atoms with Crippen molar-refractivity contribution in [3.05, 3.63) is 35.9 Å². The van der Waals surface area contributed by atoms with Crippen molar-refractivity contribution in [2.75, 3.05) is 33.4 Å². The van der Waals surface area contributed by atoms with Gasteiger partial charge in [-0.2, -0.15) is 0 Å². The Morgan fingerprint density at radius 1 is 1.15 bits per heavy atom. The summed E-state index contributed by atoms with van der Waals surface area (Å²) in [4.78, 5) is 2.30. The smallest absolute Gasteiger partial charge is 0.128 e. The largest absolute Gasteiger partial charge is 0.507 e. The second kappa shape index (κ2) is 5.69. The van der Waals surface area contributed by atoms with Gasteiger partial charge in [-0.25, -0.2) is 0 Å². The highest BCUT2D eigenvalue weighted by Gasteiger charge is 2.15. The first-order chi connectivity index (χ1) is 9.79. The van der Waals surface area contributed by atoms with Crippen molar-refractivity contribution in [3.63, 3.8) is 0 Å². The highest BCUT2D eigenvalue weighted by atomic mass is 16.5. The Labute approximate surface area is 118 Å². The minimum Gasteiger partial charge on any atom is -0.507 e. The van der Waals surface area contributed by atoms with Crippen molar-refractivity contribution < 1.29 is 14.6 Å². The molecule has 1 aliphatic rings. The van der Waals surface area contributed by atoms with Crippen molar-refractivity contribution in [3.8, 4) is 11.5 Å². The normalized spacial score (nSPS) is 16.4. The third-order valence-electron chi connectivity index (χ3n) is 3.79. The number of aromatic hydroxyl groups is 1. The molecule has 2 aromatic carbocycles. The molecule has 3 rings (SSSR count). The van der Waals surface area contributed by atoms with Crippen molar-refractivity contribution in [2.24, 2.45) is 0 Å². The van der Waals surface area contributed by atoms with E-state index >= 15 is 0 Å². The number of phenols is 1. The highest BCUT2D eigenvalue weighted by molar-refractivity contribution is 5.93. The highest BCUT2D eigenvalue weighted by Crippen LogP contribution is 2.34. The third kappa shape index (κ3) is 2.44. The van der Waals surface area contributed by atoms with Crippen LogP contribution in [0.4, 0.5) is 0 Å². The van der Waals surface area contributed by atoms with Gasteiger partial charge in [0.2, 0.25) is 0 Å². The average molecular weight is 273 g/mol. The van der Waals surface area contributed by atoms with Crippen LogP contribution in [0.25, 0.3) is 10.8 Å². The van der Waals surface area contributed by atoms with E-state index in [9.17, 15) is 5.11 Å². The quantitative estimate of drug-likeness (QED) is 0.932. The van der Waals surface area contributed by atoms with Gasteiger partial charge in [0.1, 0.15) is 11.5 Å². The summed E-state index contributed by atoms with van der Waals surface area (Å²) in [5.74, 6) is 1.14. The molecule has 106 valence electrons. The lowest BCUT2D eigenvalue weighted by molar-refractivity contribution is 0.0339. The molecule has 1 aliphatic heterocycles. The molecule has 0 saturated carbocycles. The lowest BCUT2D eigenvalue weighted by Crippen LogP contribution is -2.35. The molecule has 20 heavy (non-hydrogen) atoms. The van der Waals surface area contributed by atoms with Crippen LogP contribution in [0.5, 0.6) is 11.5 Å². The Morgan fingerprint density at radius 3 is 2.70 bits per heavy atom. The Morgan fingerprint density at radius 2 is 1.95 bits per heavy atom. The number of nitrogens with zero attached hydrogens (tertiary/aromatic N) is 1. The molecule has 2 aromatic rings. The summed E-state index contributed by atoms with van der Waals surface area (Å²) in [6, 6.07) is 9.73. The zero-order valence-electron chi connectivity index (χ0n) is 11.6. The van der Waals surface area contributed by atoms with Crippen LogP contribution in [-0.4, -0.2) is 43.4 Å². The first kappa shape index (κ1) is 13.2. The topological polar surface area (TPSA) is 41.9 Å². The van der Waals surface area contributed by atoms with Crippen molar-refractivity contribution >= 4 is 10.8 Å². The summed E-state index contributed by atoms with van der Waals surface area (Å²) in [5.41, 5.74) is 0.952. The van der Waals surface area contributed by atoms with Crippen molar-refractivity contribution in [1.82, 2.24) is 4.90 Å². The van der Waals surface area contributed by atoms with Gasteiger partial charge < -0.3 is 14.6 Å². The molecule has 1 heterocycles. The molecule has 0 aliphatic carbocycles. The van der Waals surface area contributed by atoms with E-state index in [-0.39, 0.29) is 0 Å². The number of hydrogen-bond donors (Lipinski definition) is 1. The van der Waals surface area contributed by atoms with Gasteiger partial charge in [-0.15, -0.1) is 0 Å². The van der Waals surface area contributed by atoms with E-state index in [0.717, 1.165) is 54.9 Å². The Kier molecular flexibility index (Phi) is 3.76. The van der Waals surface area contributed by atoms with E-state index in [4.69, 9.17) is 9.47 Å². The molecule has 1 N–H and O–H groups in total. The molecule has 4 nitrogen and oxygen atoms in total. The van der Waals surface area contributed by atoms with Gasteiger partial charge in [-0.1, -0.05) is 24.3 Å². The molecule has 0 unspecified atom stereocenters. The Bertz CT molecular complexity index is 606. The molecular formula is C16H19NO3. The second-order valence-corrected chi connectivity index (χ2v) is 5.02. The summed E-state index contributed by atoms with van der Waals surface area (Å²) < 4.78 is 10.7. The van der Waals surface area contributed by atoms with Crippen LogP contribution >= 0.6 is 0 Å². The molecule has 0 atom stereocenters. The number of rotatable bonds is 3. The molecule has 1 saturated heterocycles. The summed E-state index contributed by atoms with van der Waals surface area (Å²) in [7, 11) is 1.65. The predicted octanol–water partition coefficient (Wildman–Crippen LogP) is 2.39. The number of hydrogen-bond acceptors (Lipinski definition) is 4. The lowest BCUT2D eigenvalue weighted by Gasteiger charge is -2.27. The van der Waals surface area contributed by atoms with E-state index in [0.29, 0.717) is 5.75 Å². The maximum atomic E-state index is 10.5. The van der Waals surface area contributed by atoms with Crippen LogP contribution in [0.1, 0.15) is 5.56 Å². The fourth-order valence-corrected chi connectivity index (χ4v) is 2.66. The van der Waals surface area contributed by atoms with Crippen LogP contribution in [-0.2, 0) is 11.3 Å². The van der Waals surface area contributed by atoms with Gasteiger partial charge in [0.05, 0.1) is 20.3 Å². The van der Waals surface area contributed by atoms with Gasteiger partial charge in [0.25, 0.3) is 0 Å². The SMILES string of the molecule is COc1cccc2c(O)c(CN3CCOCC3)ccc12. The minimum absolute atomic E-state index is 0.355. The first-order valence-electron chi connectivity index (χ1n) is 6.87. The van der Waals surface area contributed by atoms with Crippen molar-refractivity contribution in [1.29, 1.82) is 0 Å². The molecular weight excluding hydrogens is 254 g/mol. The summed E-state index contributed by atoms with van der Waals surface area (Å²) >= 11 is 0. The molecule has 0 amide bonds. The van der Waals surface area contributed by atoms with Crippen molar-refractivity contribution in [2.45, 2.75) is 6.54 Å². The zero-order chi connectivity index (χ0) is 13.9. The number of morpholine rings is 1. The average Bonchev–Trinajstić information content (AvgIpc) is 2.51. The fourth-order valence-electron chi connectivity index (χ4n) is 2.66. The van der Waals surface area contributed by atoms with Gasteiger partial charge in [0, 0.05) is 36.0 Å². The van der Waals surface area contributed by atoms with Crippen LogP contribution in [0.3, 0.4) is 0 Å². The summed E-state index contributed by atoms with van der Waals surface area (Å²) in [5, 5.41) is 12.3. The van der Waals surface area contributed by atoms with E-state index in [1.165, 1.54) is 0 Å². The number of phenolic OH excluding ortho intramolecular Hbond substituents is 1. The van der Waals surface area contributed by atoms with E-state index in [1.54, 1.807) is 7.11 Å². The molecule has 4 heteroatoms. The predicted molar refractivity (Wildman–Crippen MR) is 78.3 cm³/mol. The number of ether oxygens (including phenoxy) is 2. The molecule has 0 radical (unpaired) electrons. The third-order valence-corrected chi connectivity index (χ3v) is 3.79. The fraction of sp³-hybridized carbons (Fsp3) is 0.375. The maximum Gasteiger partial charge on any atom is 0.128 e. The molecule has 0 bridgehead atoms. The van der Waals surface area contributed by atoms with Gasteiger partial charge in [-0.05, 0) is 6.07 Å². The van der Waals surface area contributed by atoms with Crippen LogP contribution in [0.15, 0.2) is 30.3 Å². The monoisotopic (exact) mass is 273 g/mol. The molecule has 0 aromatic heterocycles. The van der Waals surface area contributed by atoms with Gasteiger partial charge in [0.15, 0.2) is 0 Å².